The van der Waals surface area contributed by atoms with Crippen molar-refractivity contribution in [3.8, 4) is 5.75 Å². The molecule has 0 aliphatic carbocycles. The standard InChI is InChI=1S/C32H43F3N4O5Si/c1-30(2,3)45(6,7)44-21-31(4,5)20-43-27-17-25-23(18-39(37-25)19-29(41)38-11-13-42-14-12-38)15-22(27)16-26(40)24-9-8-10-28(36-24)32(33,34)35/h8-10,15,17-18H,11-14,16,19-21H2,1-7H3. The molecule has 4 rings (SSSR count). The van der Waals surface area contributed by atoms with Gasteiger partial charge in [-0.15, -0.1) is 0 Å². The highest BCUT2D eigenvalue weighted by atomic mass is 28.4. The zero-order valence-electron chi connectivity index (χ0n) is 27.1. The van der Waals surface area contributed by atoms with Crippen LogP contribution in [0, 0.1) is 5.41 Å². The van der Waals surface area contributed by atoms with Crippen LogP contribution in [0.5, 0.6) is 5.75 Å². The van der Waals surface area contributed by atoms with E-state index in [1.807, 2.05) is 13.8 Å². The van der Waals surface area contributed by atoms with Gasteiger partial charge in [0.05, 0.1) is 25.3 Å². The minimum atomic E-state index is -4.67. The maximum atomic E-state index is 13.3. The Balaban J connectivity index is 1.60. The molecular formula is C32H43F3N4O5Si. The number of amides is 1. The number of hydrogen-bond acceptors (Lipinski definition) is 7. The Bertz CT molecular complexity index is 1530. The van der Waals surface area contributed by atoms with Gasteiger partial charge in [0.1, 0.15) is 23.7 Å². The minimum absolute atomic E-state index is 0.0328. The zero-order valence-corrected chi connectivity index (χ0v) is 28.1. The molecule has 45 heavy (non-hydrogen) atoms. The fourth-order valence-corrected chi connectivity index (χ4v) is 5.66. The van der Waals surface area contributed by atoms with Crippen molar-refractivity contribution >= 4 is 30.9 Å². The summed E-state index contributed by atoms with van der Waals surface area (Å²) in [5.74, 6) is -0.286. The van der Waals surface area contributed by atoms with E-state index < -0.39 is 31.4 Å². The second kappa shape index (κ2) is 13.2. The van der Waals surface area contributed by atoms with Crippen molar-refractivity contribution in [3.63, 3.8) is 0 Å². The number of carbonyl (C=O) groups is 2. The van der Waals surface area contributed by atoms with Gasteiger partial charge in [0, 0.05) is 54.7 Å². The lowest BCUT2D eigenvalue weighted by Crippen LogP contribution is -2.44. The number of pyridine rings is 1. The van der Waals surface area contributed by atoms with Gasteiger partial charge in [-0.1, -0.05) is 40.7 Å². The fourth-order valence-electron chi connectivity index (χ4n) is 4.47. The molecule has 0 spiro atoms. The maximum Gasteiger partial charge on any atom is 0.433 e. The number of halogens is 3. The first-order chi connectivity index (χ1) is 20.8. The minimum Gasteiger partial charge on any atom is -0.493 e. The summed E-state index contributed by atoms with van der Waals surface area (Å²) < 4.78 is 59.5. The highest BCUT2D eigenvalue weighted by Gasteiger charge is 2.39. The van der Waals surface area contributed by atoms with E-state index in [0.29, 0.717) is 55.1 Å². The number of rotatable bonds is 11. The van der Waals surface area contributed by atoms with Crippen molar-refractivity contribution in [1.29, 1.82) is 0 Å². The summed E-state index contributed by atoms with van der Waals surface area (Å²) in [7, 11) is -2.01. The smallest absolute Gasteiger partial charge is 0.433 e. The van der Waals surface area contributed by atoms with E-state index in [4.69, 9.17) is 13.9 Å². The molecule has 9 nitrogen and oxygen atoms in total. The number of ketones is 1. The summed E-state index contributed by atoms with van der Waals surface area (Å²) in [4.78, 5) is 31.4. The predicted octanol–water partition coefficient (Wildman–Crippen LogP) is 6.16. The molecule has 3 heterocycles. The first kappa shape index (κ1) is 34.6. The SMILES string of the molecule is CC(C)(COc1cc2nn(CC(=O)N3CCOCC3)cc2cc1CC(=O)c1cccc(C(F)(F)F)n1)CO[Si](C)(C)C(C)(C)C. The third kappa shape index (κ3) is 8.92. The lowest BCUT2D eigenvalue weighted by molar-refractivity contribution is -0.141. The number of nitrogens with zero attached hydrogens (tertiary/aromatic N) is 4. The van der Waals surface area contributed by atoms with Crippen LogP contribution in [0.3, 0.4) is 0 Å². The Morgan fingerprint density at radius 2 is 1.71 bits per heavy atom. The monoisotopic (exact) mass is 648 g/mol. The van der Waals surface area contributed by atoms with Gasteiger partial charge in [0.2, 0.25) is 5.91 Å². The van der Waals surface area contributed by atoms with Crippen molar-refractivity contribution in [3.05, 3.63) is 53.5 Å². The Morgan fingerprint density at radius 3 is 2.36 bits per heavy atom. The Labute approximate surface area is 263 Å². The van der Waals surface area contributed by atoms with Crippen LogP contribution in [-0.2, 0) is 33.1 Å². The van der Waals surface area contributed by atoms with Gasteiger partial charge in [0.25, 0.3) is 0 Å². The summed E-state index contributed by atoms with van der Waals surface area (Å²) in [5.41, 5.74) is -0.769. The van der Waals surface area contributed by atoms with Gasteiger partial charge in [-0.2, -0.15) is 18.3 Å². The van der Waals surface area contributed by atoms with Gasteiger partial charge in [0.15, 0.2) is 14.1 Å². The Hall–Kier alpha value is -3.29. The number of Topliss-reactive ketones (excluding diaryl/α,β-unsaturated/α-hetero) is 1. The normalized spacial score (nSPS) is 15.0. The molecule has 0 bridgehead atoms. The van der Waals surface area contributed by atoms with E-state index in [2.05, 4.69) is 43.9 Å². The first-order valence-electron chi connectivity index (χ1n) is 15.0. The van der Waals surface area contributed by atoms with Crippen LogP contribution in [0.15, 0.2) is 36.5 Å². The van der Waals surface area contributed by atoms with Crippen molar-refractivity contribution in [2.24, 2.45) is 5.41 Å². The molecule has 0 atom stereocenters. The van der Waals surface area contributed by atoms with Crippen molar-refractivity contribution in [1.82, 2.24) is 19.7 Å². The van der Waals surface area contributed by atoms with Crippen LogP contribution in [0.4, 0.5) is 13.2 Å². The van der Waals surface area contributed by atoms with Crippen LogP contribution in [-0.4, -0.2) is 79.2 Å². The summed E-state index contributed by atoms with van der Waals surface area (Å²) >= 11 is 0. The van der Waals surface area contributed by atoms with Gasteiger partial charge < -0.3 is 18.8 Å². The zero-order chi connectivity index (χ0) is 33.2. The number of alkyl halides is 3. The molecule has 1 saturated heterocycles. The number of benzene rings is 1. The number of aromatic nitrogens is 3. The Morgan fingerprint density at radius 1 is 1.02 bits per heavy atom. The number of morpholine rings is 1. The highest BCUT2D eigenvalue weighted by molar-refractivity contribution is 6.74. The number of fused-ring (bicyclic) bond motifs is 1. The van der Waals surface area contributed by atoms with Crippen LogP contribution in [0.1, 0.15) is 56.4 Å². The maximum absolute atomic E-state index is 13.3. The highest BCUT2D eigenvalue weighted by Crippen LogP contribution is 2.38. The molecule has 1 aliphatic heterocycles. The summed E-state index contributed by atoms with van der Waals surface area (Å²) in [6.45, 7) is 17.7. The Kier molecular flexibility index (Phi) is 10.1. The van der Waals surface area contributed by atoms with Crippen LogP contribution in [0.25, 0.3) is 10.9 Å². The molecule has 1 amide bonds. The van der Waals surface area contributed by atoms with E-state index in [9.17, 15) is 22.8 Å². The molecule has 13 heteroatoms. The molecule has 0 unspecified atom stereocenters. The lowest BCUT2D eigenvalue weighted by Gasteiger charge is -2.39. The molecule has 1 aliphatic rings. The van der Waals surface area contributed by atoms with Crippen molar-refractivity contribution in [2.75, 3.05) is 39.5 Å². The number of hydrogen-bond donors (Lipinski definition) is 0. The molecule has 1 fully saturated rings. The molecule has 0 radical (unpaired) electrons. The number of ether oxygens (including phenoxy) is 2. The van der Waals surface area contributed by atoms with Gasteiger partial charge >= 0.3 is 6.18 Å². The fraction of sp³-hybridized carbons (Fsp3) is 0.562. The average Bonchev–Trinajstić information content (AvgIpc) is 3.35. The van der Waals surface area contributed by atoms with E-state index in [1.54, 1.807) is 27.9 Å². The third-order valence-corrected chi connectivity index (χ3v) is 12.8. The van der Waals surface area contributed by atoms with E-state index in [-0.39, 0.29) is 36.2 Å². The summed E-state index contributed by atoms with van der Waals surface area (Å²) in [6.07, 6.45) is -3.20. The first-order valence-corrected chi connectivity index (χ1v) is 18.0. The van der Waals surface area contributed by atoms with Gasteiger partial charge in [-0.3, -0.25) is 14.3 Å². The van der Waals surface area contributed by atoms with E-state index in [1.165, 1.54) is 12.1 Å². The summed E-state index contributed by atoms with van der Waals surface area (Å²) in [5, 5.41) is 5.29. The molecule has 3 aromatic rings. The number of carbonyl (C=O) groups excluding carboxylic acids is 2. The molecule has 0 saturated carbocycles. The predicted molar refractivity (Wildman–Crippen MR) is 167 cm³/mol. The molecule has 1 aromatic carbocycles. The van der Waals surface area contributed by atoms with E-state index in [0.717, 1.165) is 6.07 Å². The summed E-state index contributed by atoms with van der Waals surface area (Å²) in [6, 6.07) is 6.71. The molecular weight excluding hydrogens is 605 g/mol. The lowest BCUT2D eigenvalue weighted by atomic mass is 9.96. The molecule has 2 aromatic heterocycles. The third-order valence-electron chi connectivity index (χ3n) is 8.32. The van der Waals surface area contributed by atoms with Gasteiger partial charge in [-0.05, 0) is 36.3 Å². The second-order valence-corrected chi connectivity index (χ2v) is 18.7. The van der Waals surface area contributed by atoms with Crippen LogP contribution >= 0.6 is 0 Å². The quantitative estimate of drug-likeness (QED) is 0.182. The topological polar surface area (TPSA) is 95.8 Å². The molecule has 0 N–H and O–H groups in total. The molecule has 246 valence electrons. The van der Waals surface area contributed by atoms with Crippen LogP contribution < -0.4 is 4.74 Å². The van der Waals surface area contributed by atoms with E-state index >= 15 is 0 Å². The van der Waals surface area contributed by atoms with Crippen molar-refractivity contribution in [2.45, 2.75) is 71.9 Å². The average molecular weight is 649 g/mol. The largest absolute Gasteiger partial charge is 0.493 e. The van der Waals surface area contributed by atoms with Crippen molar-refractivity contribution < 1.29 is 36.7 Å². The van der Waals surface area contributed by atoms with Crippen LogP contribution in [0.2, 0.25) is 18.1 Å². The second-order valence-electron chi connectivity index (χ2n) is 13.8. The van der Waals surface area contributed by atoms with Gasteiger partial charge in [-0.25, -0.2) is 4.98 Å².